The van der Waals surface area contributed by atoms with Crippen LogP contribution in [0, 0.1) is 0 Å². The standard InChI is InChI=1S/C18H15F3O5S/c1-25-16(22)17(11-15(17)12-5-3-2-4-6-12)13-7-9-14(10-8-13)26-27(23,24)18(19,20)21/h2-10,15H,11H2,1H3/t15-,17-/m0/s1. The van der Waals surface area contributed by atoms with Crippen LogP contribution < -0.4 is 4.18 Å². The van der Waals surface area contributed by atoms with Gasteiger partial charge < -0.3 is 8.92 Å². The molecule has 0 radical (unpaired) electrons. The number of rotatable bonds is 5. The average molecular weight is 400 g/mol. The minimum absolute atomic E-state index is 0.142. The van der Waals surface area contributed by atoms with E-state index in [1.165, 1.54) is 19.2 Å². The highest BCUT2D eigenvalue weighted by Gasteiger charge is 2.62. The van der Waals surface area contributed by atoms with E-state index in [1.807, 2.05) is 30.3 Å². The molecule has 0 N–H and O–H groups in total. The molecular formula is C18H15F3O5S. The first-order valence-corrected chi connectivity index (χ1v) is 9.27. The fourth-order valence-corrected chi connectivity index (χ4v) is 3.64. The van der Waals surface area contributed by atoms with E-state index in [0.717, 1.165) is 17.7 Å². The molecule has 0 aliphatic heterocycles. The number of carbonyl (C=O) groups is 1. The molecule has 0 bridgehead atoms. The fourth-order valence-electron chi connectivity index (χ4n) is 3.18. The van der Waals surface area contributed by atoms with Gasteiger partial charge in [0.1, 0.15) is 11.2 Å². The third-order valence-electron chi connectivity index (χ3n) is 4.57. The summed E-state index contributed by atoms with van der Waals surface area (Å²) in [5, 5.41) is 0. The maximum atomic E-state index is 12.4. The second-order valence-electron chi connectivity index (χ2n) is 6.14. The van der Waals surface area contributed by atoms with Crippen molar-refractivity contribution in [2.24, 2.45) is 0 Å². The summed E-state index contributed by atoms with van der Waals surface area (Å²) >= 11 is 0. The summed E-state index contributed by atoms with van der Waals surface area (Å²) in [5.41, 5.74) is -5.03. The Morgan fingerprint density at radius 3 is 2.19 bits per heavy atom. The summed E-state index contributed by atoms with van der Waals surface area (Å²) in [6.45, 7) is 0. The van der Waals surface area contributed by atoms with Crippen molar-refractivity contribution >= 4 is 16.1 Å². The maximum Gasteiger partial charge on any atom is 0.534 e. The van der Waals surface area contributed by atoms with Gasteiger partial charge in [-0.1, -0.05) is 42.5 Å². The number of alkyl halides is 3. The van der Waals surface area contributed by atoms with Crippen molar-refractivity contribution in [1.29, 1.82) is 0 Å². The van der Waals surface area contributed by atoms with Gasteiger partial charge in [0.25, 0.3) is 0 Å². The van der Waals surface area contributed by atoms with Gasteiger partial charge in [0.05, 0.1) is 7.11 Å². The van der Waals surface area contributed by atoms with E-state index in [4.69, 9.17) is 4.74 Å². The molecule has 0 amide bonds. The van der Waals surface area contributed by atoms with Crippen molar-refractivity contribution in [1.82, 2.24) is 0 Å². The number of methoxy groups -OCH3 is 1. The molecule has 144 valence electrons. The zero-order valence-corrected chi connectivity index (χ0v) is 14.9. The Morgan fingerprint density at radius 2 is 1.67 bits per heavy atom. The van der Waals surface area contributed by atoms with Crippen molar-refractivity contribution in [3.8, 4) is 5.75 Å². The Bertz CT molecular complexity index is 939. The van der Waals surface area contributed by atoms with E-state index in [1.54, 1.807) is 0 Å². The molecular weight excluding hydrogens is 385 g/mol. The minimum Gasteiger partial charge on any atom is -0.468 e. The molecule has 1 fully saturated rings. The number of hydrogen-bond acceptors (Lipinski definition) is 5. The highest BCUT2D eigenvalue weighted by Crippen LogP contribution is 2.61. The van der Waals surface area contributed by atoms with E-state index < -0.39 is 32.8 Å². The van der Waals surface area contributed by atoms with Gasteiger partial charge in [-0.3, -0.25) is 4.79 Å². The van der Waals surface area contributed by atoms with Crippen LogP contribution in [0.4, 0.5) is 13.2 Å². The lowest BCUT2D eigenvalue weighted by molar-refractivity contribution is -0.143. The first-order chi connectivity index (χ1) is 12.6. The molecule has 0 saturated heterocycles. The summed E-state index contributed by atoms with van der Waals surface area (Å²) in [4.78, 5) is 12.4. The molecule has 27 heavy (non-hydrogen) atoms. The quantitative estimate of drug-likeness (QED) is 0.436. The molecule has 0 heterocycles. The van der Waals surface area contributed by atoms with E-state index in [-0.39, 0.29) is 5.92 Å². The van der Waals surface area contributed by atoms with Gasteiger partial charge in [0.2, 0.25) is 0 Å². The largest absolute Gasteiger partial charge is 0.534 e. The van der Waals surface area contributed by atoms with Crippen molar-refractivity contribution in [2.45, 2.75) is 23.3 Å². The Labute approximate surface area is 153 Å². The van der Waals surface area contributed by atoms with Crippen molar-refractivity contribution in [3.63, 3.8) is 0 Å². The number of benzene rings is 2. The highest BCUT2D eigenvalue weighted by molar-refractivity contribution is 7.88. The van der Waals surface area contributed by atoms with E-state index in [9.17, 15) is 26.4 Å². The van der Waals surface area contributed by atoms with Crippen LogP contribution in [-0.2, 0) is 25.1 Å². The Kier molecular flexibility index (Phi) is 4.67. The maximum absolute atomic E-state index is 12.4. The summed E-state index contributed by atoms with van der Waals surface area (Å²) in [6, 6.07) is 14.2. The van der Waals surface area contributed by atoms with Gasteiger partial charge >= 0.3 is 21.6 Å². The first-order valence-electron chi connectivity index (χ1n) is 7.86. The molecule has 2 atom stereocenters. The molecule has 2 aromatic rings. The lowest BCUT2D eigenvalue weighted by atomic mass is 9.90. The molecule has 0 aromatic heterocycles. The normalized spacial score (nSPS) is 22.1. The molecule has 0 unspecified atom stereocenters. The van der Waals surface area contributed by atoms with Crippen LogP contribution in [0.5, 0.6) is 5.75 Å². The summed E-state index contributed by atoms with van der Waals surface area (Å²) in [7, 11) is -4.49. The number of hydrogen-bond donors (Lipinski definition) is 0. The lowest BCUT2D eigenvalue weighted by Gasteiger charge is -2.16. The van der Waals surface area contributed by atoms with Gasteiger partial charge in [-0.2, -0.15) is 21.6 Å². The van der Waals surface area contributed by atoms with Crippen molar-refractivity contribution in [2.75, 3.05) is 7.11 Å². The second-order valence-corrected chi connectivity index (χ2v) is 7.68. The van der Waals surface area contributed by atoms with Crippen molar-refractivity contribution in [3.05, 3.63) is 65.7 Å². The zero-order valence-electron chi connectivity index (χ0n) is 14.1. The zero-order chi connectivity index (χ0) is 19.9. The smallest absolute Gasteiger partial charge is 0.468 e. The van der Waals surface area contributed by atoms with Crippen LogP contribution in [0.25, 0.3) is 0 Å². The van der Waals surface area contributed by atoms with Crippen LogP contribution in [0.2, 0.25) is 0 Å². The highest BCUT2D eigenvalue weighted by atomic mass is 32.2. The number of ether oxygens (including phenoxy) is 1. The van der Waals surface area contributed by atoms with Gasteiger partial charge in [0, 0.05) is 5.92 Å². The van der Waals surface area contributed by atoms with Crippen molar-refractivity contribution < 1.29 is 35.3 Å². The fraction of sp³-hybridized carbons (Fsp3) is 0.278. The third-order valence-corrected chi connectivity index (χ3v) is 5.55. The lowest BCUT2D eigenvalue weighted by Crippen LogP contribution is -2.28. The summed E-state index contributed by atoms with van der Waals surface area (Å²) < 4.78 is 68.4. The Balaban J connectivity index is 1.89. The van der Waals surface area contributed by atoms with Crippen LogP contribution in [-0.4, -0.2) is 27.0 Å². The monoisotopic (exact) mass is 400 g/mol. The first kappa shape index (κ1) is 19.2. The van der Waals surface area contributed by atoms with Crippen LogP contribution in [0.3, 0.4) is 0 Å². The molecule has 5 nitrogen and oxygen atoms in total. The molecule has 3 rings (SSSR count). The second kappa shape index (κ2) is 6.56. The molecule has 1 saturated carbocycles. The van der Waals surface area contributed by atoms with Crippen LogP contribution >= 0.6 is 0 Å². The van der Waals surface area contributed by atoms with E-state index in [2.05, 4.69) is 4.18 Å². The van der Waals surface area contributed by atoms with Crippen LogP contribution in [0.1, 0.15) is 23.5 Å². The minimum atomic E-state index is -5.75. The Morgan fingerprint density at radius 1 is 1.07 bits per heavy atom. The number of esters is 1. The third kappa shape index (κ3) is 3.39. The Hall–Kier alpha value is -2.55. The SMILES string of the molecule is COC(=O)[C@]1(c2ccc(OS(=O)(=O)C(F)(F)F)cc2)C[C@H]1c1ccccc1. The summed E-state index contributed by atoms with van der Waals surface area (Å²) in [5.74, 6) is -1.10. The topological polar surface area (TPSA) is 69.7 Å². The van der Waals surface area contributed by atoms with Gasteiger partial charge in [-0.05, 0) is 29.7 Å². The summed E-state index contributed by atoms with van der Waals surface area (Å²) in [6.07, 6.45) is 0.477. The molecule has 2 aromatic carbocycles. The molecule has 9 heteroatoms. The van der Waals surface area contributed by atoms with Gasteiger partial charge in [-0.25, -0.2) is 0 Å². The molecule has 0 spiro atoms. The van der Waals surface area contributed by atoms with Gasteiger partial charge in [0.15, 0.2) is 0 Å². The van der Waals surface area contributed by atoms with Crippen LogP contribution in [0.15, 0.2) is 54.6 Å². The predicted molar refractivity (Wildman–Crippen MR) is 89.5 cm³/mol. The number of carbonyl (C=O) groups excluding carboxylic acids is 1. The predicted octanol–water partition coefficient (Wildman–Crippen LogP) is 3.51. The number of halogens is 3. The average Bonchev–Trinajstić information content (AvgIpc) is 3.38. The van der Waals surface area contributed by atoms with E-state index >= 15 is 0 Å². The van der Waals surface area contributed by atoms with Gasteiger partial charge in [-0.15, -0.1) is 0 Å². The molecule has 1 aliphatic carbocycles. The molecule has 1 aliphatic rings. The van der Waals surface area contributed by atoms with E-state index in [0.29, 0.717) is 12.0 Å².